The molecule has 1 aromatic carbocycles. The van der Waals surface area contributed by atoms with Crippen LogP contribution in [-0.4, -0.2) is 38.2 Å². The predicted molar refractivity (Wildman–Crippen MR) is 85.0 cm³/mol. The molecule has 1 aliphatic rings. The minimum absolute atomic E-state index is 0.361. The number of anilines is 2. The SMILES string of the molecule is CCN1c2cc(Cl)c(Cl)cc2N(C)C1C.O=S(=O)(O)C(F)(F)F. The summed E-state index contributed by atoms with van der Waals surface area (Å²) >= 11 is 12.1. The molecule has 132 valence electrons. The first-order valence-electron chi connectivity index (χ1n) is 6.33. The van der Waals surface area contributed by atoms with Crippen molar-refractivity contribution >= 4 is 44.7 Å². The summed E-state index contributed by atoms with van der Waals surface area (Å²) in [7, 11) is -3.77. The molecule has 11 heteroatoms. The molecule has 0 radical (unpaired) electrons. The second-order valence-corrected chi connectivity index (χ2v) is 6.93. The lowest BCUT2D eigenvalue weighted by molar-refractivity contribution is -0.0510. The molecule has 5 nitrogen and oxygen atoms in total. The van der Waals surface area contributed by atoms with E-state index in [0.717, 1.165) is 12.2 Å². The smallest absolute Gasteiger partial charge is 0.353 e. The van der Waals surface area contributed by atoms with E-state index in [1.807, 2.05) is 12.1 Å². The molecule has 2 rings (SSSR count). The predicted octanol–water partition coefficient (Wildman–Crippen LogP) is 4.01. The Hall–Kier alpha value is -0.900. The van der Waals surface area contributed by atoms with Crippen LogP contribution in [0.25, 0.3) is 0 Å². The lowest BCUT2D eigenvalue weighted by atomic mass is 10.2. The van der Waals surface area contributed by atoms with Crippen LogP contribution in [0.5, 0.6) is 0 Å². The molecule has 23 heavy (non-hydrogen) atoms. The zero-order chi connectivity index (χ0) is 18.2. The minimum Gasteiger partial charge on any atom is -0.353 e. The van der Waals surface area contributed by atoms with Crippen molar-refractivity contribution in [1.29, 1.82) is 0 Å². The third-order valence-electron chi connectivity index (χ3n) is 3.35. The van der Waals surface area contributed by atoms with Gasteiger partial charge in [0.25, 0.3) is 0 Å². The largest absolute Gasteiger partial charge is 0.522 e. The lowest BCUT2D eigenvalue weighted by Crippen LogP contribution is -2.38. The van der Waals surface area contributed by atoms with E-state index in [9.17, 15) is 13.2 Å². The molecule has 1 aliphatic heterocycles. The van der Waals surface area contributed by atoms with Gasteiger partial charge >= 0.3 is 15.6 Å². The van der Waals surface area contributed by atoms with Gasteiger partial charge < -0.3 is 9.80 Å². The van der Waals surface area contributed by atoms with Gasteiger partial charge in [0.2, 0.25) is 0 Å². The van der Waals surface area contributed by atoms with Crippen molar-refractivity contribution in [2.45, 2.75) is 25.5 Å². The normalized spacial score (nSPS) is 17.7. The van der Waals surface area contributed by atoms with Gasteiger partial charge in [0.1, 0.15) is 0 Å². The van der Waals surface area contributed by atoms with E-state index >= 15 is 0 Å². The summed E-state index contributed by atoms with van der Waals surface area (Å²) in [6.07, 6.45) is 0.361. The molecule has 0 spiro atoms. The Labute approximate surface area is 142 Å². The Kier molecular flexibility index (Phi) is 6.06. The van der Waals surface area contributed by atoms with Crippen LogP contribution in [0, 0.1) is 0 Å². The van der Waals surface area contributed by atoms with Gasteiger partial charge in [-0.25, -0.2) is 0 Å². The Bertz CT molecular complexity index is 683. The van der Waals surface area contributed by atoms with Crippen LogP contribution in [0.15, 0.2) is 12.1 Å². The van der Waals surface area contributed by atoms with Gasteiger partial charge in [-0.05, 0) is 26.0 Å². The number of hydrogen-bond donors (Lipinski definition) is 1. The van der Waals surface area contributed by atoms with Crippen LogP contribution in [0.4, 0.5) is 24.5 Å². The second-order valence-electron chi connectivity index (χ2n) is 4.70. The fourth-order valence-electron chi connectivity index (χ4n) is 2.08. The Morgan fingerprint density at radius 2 is 1.61 bits per heavy atom. The fourth-order valence-corrected chi connectivity index (χ4v) is 2.40. The Morgan fingerprint density at radius 1 is 1.22 bits per heavy atom. The van der Waals surface area contributed by atoms with E-state index < -0.39 is 15.6 Å². The van der Waals surface area contributed by atoms with Crippen molar-refractivity contribution in [3.8, 4) is 0 Å². The maximum absolute atomic E-state index is 10.7. The molecule has 1 N–H and O–H groups in total. The van der Waals surface area contributed by atoms with Crippen LogP contribution in [0.1, 0.15) is 13.8 Å². The molecule has 0 bridgehead atoms. The van der Waals surface area contributed by atoms with Gasteiger partial charge in [-0.1, -0.05) is 23.2 Å². The van der Waals surface area contributed by atoms with Gasteiger partial charge in [-0.15, -0.1) is 0 Å². The molecule has 0 amide bonds. The highest BCUT2D eigenvalue weighted by atomic mass is 35.5. The van der Waals surface area contributed by atoms with E-state index in [-0.39, 0.29) is 0 Å². The Morgan fingerprint density at radius 3 is 1.96 bits per heavy atom. The van der Waals surface area contributed by atoms with Gasteiger partial charge in [0.15, 0.2) is 0 Å². The average Bonchev–Trinajstić information content (AvgIpc) is 2.61. The van der Waals surface area contributed by atoms with Crippen LogP contribution < -0.4 is 9.80 Å². The maximum Gasteiger partial charge on any atom is 0.522 e. The van der Waals surface area contributed by atoms with Crippen LogP contribution >= 0.6 is 23.2 Å². The summed E-state index contributed by atoms with van der Waals surface area (Å²) < 4.78 is 57.5. The molecule has 0 aromatic heterocycles. The first-order valence-corrected chi connectivity index (χ1v) is 8.53. The third kappa shape index (κ3) is 4.34. The first-order chi connectivity index (χ1) is 10.3. The summed E-state index contributed by atoms with van der Waals surface area (Å²) in [6.45, 7) is 5.28. The number of rotatable bonds is 1. The molecular formula is C12H15Cl2F3N2O3S. The number of halogens is 5. The molecule has 1 unspecified atom stereocenters. The lowest BCUT2D eigenvalue weighted by Gasteiger charge is -2.26. The first kappa shape index (κ1) is 20.1. The van der Waals surface area contributed by atoms with Crippen LogP contribution in [0.3, 0.4) is 0 Å². The number of alkyl halides is 3. The third-order valence-corrected chi connectivity index (χ3v) is 4.66. The zero-order valence-electron chi connectivity index (χ0n) is 12.4. The Balaban J connectivity index is 0.000000284. The molecule has 1 atom stereocenters. The average molecular weight is 395 g/mol. The molecule has 0 aliphatic carbocycles. The molecule has 0 saturated carbocycles. The fraction of sp³-hybridized carbons (Fsp3) is 0.500. The topological polar surface area (TPSA) is 60.9 Å². The quantitative estimate of drug-likeness (QED) is 0.575. The standard InChI is InChI=1S/C11H14Cl2N2.CHF3O3S/c1-4-15-7(2)14(3)10-5-8(12)9(13)6-11(10)15;2-1(3,4)8(5,6)7/h5-7H,4H2,1-3H3;(H,5,6,7). The summed E-state index contributed by atoms with van der Waals surface area (Å²) in [6, 6.07) is 3.88. The van der Waals surface area contributed by atoms with Gasteiger partial charge in [0, 0.05) is 13.6 Å². The summed E-state index contributed by atoms with van der Waals surface area (Å²) in [5.74, 6) is 0. The van der Waals surface area contributed by atoms with E-state index in [0.29, 0.717) is 16.2 Å². The summed E-state index contributed by atoms with van der Waals surface area (Å²) in [4.78, 5) is 4.51. The monoisotopic (exact) mass is 394 g/mol. The highest BCUT2D eigenvalue weighted by molar-refractivity contribution is 7.86. The molecule has 1 heterocycles. The number of fused-ring (bicyclic) bond motifs is 1. The summed E-state index contributed by atoms with van der Waals surface area (Å²) in [5.41, 5.74) is -3.21. The highest BCUT2D eigenvalue weighted by Crippen LogP contribution is 2.42. The van der Waals surface area contributed by atoms with Crippen molar-refractivity contribution in [3.05, 3.63) is 22.2 Å². The number of hydrogen-bond acceptors (Lipinski definition) is 4. The van der Waals surface area contributed by atoms with Crippen LogP contribution in [0.2, 0.25) is 10.0 Å². The van der Waals surface area contributed by atoms with Crippen molar-refractivity contribution in [2.75, 3.05) is 23.4 Å². The van der Waals surface area contributed by atoms with E-state index in [1.54, 1.807) is 0 Å². The molecular weight excluding hydrogens is 380 g/mol. The van der Waals surface area contributed by atoms with Crippen molar-refractivity contribution in [1.82, 2.24) is 0 Å². The van der Waals surface area contributed by atoms with Crippen molar-refractivity contribution in [2.24, 2.45) is 0 Å². The van der Waals surface area contributed by atoms with Crippen molar-refractivity contribution in [3.63, 3.8) is 0 Å². The summed E-state index contributed by atoms with van der Waals surface area (Å²) in [5, 5.41) is 1.24. The van der Waals surface area contributed by atoms with E-state index in [2.05, 4.69) is 30.7 Å². The molecule has 0 saturated heterocycles. The maximum atomic E-state index is 10.7. The van der Waals surface area contributed by atoms with Crippen LogP contribution in [-0.2, 0) is 10.1 Å². The van der Waals surface area contributed by atoms with Gasteiger partial charge in [-0.3, -0.25) is 4.55 Å². The molecule has 0 fully saturated rings. The second kappa shape index (κ2) is 6.92. The van der Waals surface area contributed by atoms with Crippen molar-refractivity contribution < 1.29 is 26.1 Å². The van der Waals surface area contributed by atoms with Gasteiger partial charge in [0.05, 0.1) is 27.6 Å². The molecule has 1 aromatic rings. The highest BCUT2D eigenvalue weighted by Gasteiger charge is 2.44. The number of benzene rings is 1. The van der Waals surface area contributed by atoms with E-state index in [1.165, 1.54) is 5.69 Å². The minimum atomic E-state index is -5.84. The zero-order valence-corrected chi connectivity index (χ0v) is 14.7. The number of nitrogens with zero attached hydrogens (tertiary/aromatic N) is 2. The van der Waals surface area contributed by atoms with E-state index in [4.69, 9.17) is 36.2 Å². The van der Waals surface area contributed by atoms with Gasteiger partial charge in [-0.2, -0.15) is 21.6 Å².